The molecule has 0 bridgehead atoms. The molecule has 2 aromatic carbocycles. The smallest absolute Gasteiger partial charge is 0.213 e. The molecule has 120 valence electrons. The van der Waals surface area contributed by atoms with E-state index in [4.69, 9.17) is 10.1 Å². The van der Waals surface area contributed by atoms with Gasteiger partial charge in [-0.3, -0.25) is 15.5 Å². The van der Waals surface area contributed by atoms with Gasteiger partial charge >= 0.3 is 0 Å². The largest absolute Gasteiger partial charge is 0.497 e. The number of hydrogen-bond acceptors (Lipinski definition) is 4. The number of amides is 1. The van der Waals surface area contributed by atoms with Gasteiger partial charge < -0.3 is 10.1 Å². The first-order valence-electron chi connectivity index (χ1n) is 7.31. The first kappa shape index (κ1) is 15.5. The van der Waals surface area contributed by atoms with Crippen LogP contribution in [0.1, 0.15) is 0 Å². The minimum atomic E-state index is -0.0991. The van der Waals surface area contributed by atoms with Gasteiger partial charge in [0, 0.05) is 10.9 Å². The Bertz CT molecular complexity index is 908. The molecular weight excluding hydrogens is 304 g/mol. The van der Waals surface area contributed by atoms with Gasteiger partial charge in [0.05, 0.1) is 24.0 Å². The van der Waals surface area contributed by atoms with Crippen molar-refractivity contribution in [2.45, 2.75) is 0 Å². The van der Waals surface area contributed by atoms with E-state index < -0.39 is 0 Å². The summed E-state index contributed by atoms with van der Waals surface area (Å²) in [5.41, 5.74) is 3.13. The number of rotatable bonds is 4. The minimum absolute atomic E-state index is 0.0991. The van der Waals surface area contributed by atoms with Crippen LogP contribution < -0.4 is 15.4 Å². The van der Waals surface area contributed by atoms with Crippen LogP contribution in [0.4, 0.5) is 5.69 Å². The van der Waals surface area contributed by atoms with Gasteiger partial charge in [-0.2, -0.15) is 0 Å². The van der Waals surface area contributed by atoms with E-state index >= 15 is 0 Å². The third-order valence-corrected chi connectivity index (χ3v) is 3.54. The van der Waals surface area contributed by atoms with Crippen LogP contribution in [0.15, 0.2) is 54.6 Å². The van der Waals surface area contributed by atoms with Gasteiger partial charge in [-0.25, -0.2) is 4.98 Å². The van der Waals surface area contributed by atoms with Crippen LogP contribution in [0.5, 0.6) is 5.75 Å². The Hall–Kier alpha value is -3.41. The van der Waals surface area contributed by atoms with Gasteiger partial charge in [0.25, 0.3) is 0 Å². The highest BCUT2D eigenvalue weighted by molar-refractivity contribution is 6.04. The number of ether oxygens (including phenoxy) is 1. The summed E-state index contributed by atoms with van der Waals surface area (Å²) < 4.78 is 5.26. The summed E-state index contributed by atoms with van der Waals surface area (Å²) in [4.78, 5) is 15.2. The lowest BCUT2D eigenvalue weighted by molar-refractivity contribution is -0.108. The molecule has 0 radical (unpaired) electrons. The Labute approximate surface area is 139 Å². The second-order valence-electron chi connectivity index (χ2n) is 5.07. The molecule has 1 aromatic heterocycles. The molecule has 0 aliphatic carbocycles. The number of carbonyl (C=O) groups is 1. The van der Waals surface area contributed by atoms with E-state index in [0.717, 1.165) is 27.9 Å². The normalized spacial score (nSPS) is 10.2. The third kappa shape index (κ3) is 3.17. The predicted molar refractivity (Wildman–Crippen MR) is 94.3 cm³/mol. The van der Waals surface area contributed by atoms with E-state index in [9.17, 15) is 4.79 Å². The Kier molecular flexibility index (Phi) is 4.38. The van der Waals surface area contributed by atoms with Crippen LogP contribution in [0, 0.1) is 5.41 Å². The molecule has 3 N–H and O–H groups in total. The maximum Gasteiger partial charge on any atom is 0.213 e. The molecule has 0 saturated carbocycles. The molecular formula is C18H16N4O2. The second kappa shape index (κ2) is 6.78. The lowest BCUT2D eigenvalue weighted by atomic mass is 10.1. The molecule has 3 aromatic rings. The molecule has 0 aliphatic heterocycles. The topological polar surface area (TPSA) is 87.1 Å². The SMILES string of the molecule is COc1cccc(-c2cc(NC(=N)NC=O)c3ccccc3n2)c1. The van der Waals surface area contributed by atoms with Gasteiger partial charge in [0.1, 0.15) is 5.75 Å². The first-order chi connectivity index (χ1) is 11.7. The van der Waals surface area contributed by atoms with Gasteiger partial charge in [-0.15, -0.1) is 0 Å². The fourth-order valence-corrected chi connectivity index (χ4v) is 2.44. The molecule has 0 saturated heterocycles. The number of para-hydroxylation sites is 1. The second-order valence-corrected chi connectivity index (χ2v) is 5.07. The standard InChI is InChI=1S/C18H16N4O2/c1-24-13-6-4-5-12(9-13)16-10-17(22-18(19)20-11-23)14-7-2-3-8-15(14)21-16/h2-11H,1H3,(H3,19,20,21,22,23). The quantitative estimate of drug-likeness (QED) is 0.392. The third-order valence-electron chi connectivity index (χ3n) is 3.54. The molecule has 0 unspecified atom stereocenters. The Morgan fingerprint density at radius 2 is 2.00 bits per heavy atom. The van der Waals surface area contributed by atoms with Gasteiger partial charge in [-0.1, -0.05) is 30.3 Å². The summed E-state index contributed by atoms with van der Waals surface area (Å²) in [7, 11) is 1.62. The number of hydrogen-bond donors (Lipinski definition) is 3. The van der Waals surface area contributed by atoms with E-state index in [2.05, 4.69) is 15.6 Å². The summed E-state index contributed by atoms with van der Waals surface area (Å²) >= 11 is 0. The molecule has 24 heavy (non-hydrogen) atoms. The average Bonchev–Trinajstić information content (AvgIpc) is 2.62. The van der Waals surface area contributed by atoms with Crippen LogP contribution >= 0.6 is 0 Å². The van der Waals surface area contributed by atoms with Crippen molar-refractivity contribution in [3.05, 3.63) is 54.6 Å². The Morgan fingerprint density at radius 1 is 1.17 bits per heavy atom. The predicted octanol–water partition coefficient (Wildman–Crippen LogP) is 3.00. The number of aromatic nitrogens is 1. The summed E-state index contributed by atoms with van der Waals surface area (Å²) in [5.74, 6) is 0.644. The van der Waals surface area contributed by atoms with Gasteiger partial charge in [-0.05, 0) is 24.3 Å². The highest BCUT2D eigenvalue weighted by atomic mass is 16.5. The highest BCUT2D eigenvalue weighted by Crippen LogP contribution is 2.29. The zero-order valence-electron chi connectivity index (χ0n) is 13.0. The van der Waals surface area contributed by atoms with Crippen molar-refractivity contribution in [3.8, 4) is 17.0 Å². The molecule has 1 heterocycles. The summed E-state index contributed by atoms with van der Waals surface area (Å²) in [6.07, 6.45) is 0.460. The van der Waals surface area contributed by atoms with Crippen molar-refractivity contribution in [1.29, 1.82) is 5.41 Å². The molecule has 3 rings (SSSR count). The molecule has 0 spiro atoms. The van der Waals surface area contributed by atoms with Crippen molar-refractivity contribution >= 4 is 29.0 Å². The van der Waals surface area contributed by atoms with Crippen molar-refractivity contribution in [2.75, 3.05) is 12.4 Å². The number of methoxy groups -OCH3 is 1. The molecule has 0 atom stereocenters. The van der Waals surface area contributed by atoms with Crippen LogP contribution in [0.2, 0.25) is 0 Å². The Balaban J connectivity index is 2.12. The lowest BCUT2D eigenvalue weighted by Gasteiger charge is -2.12. The van der Waals surface area contributed by atoms with Crippen LogP contribution in [0.25, 0.3) is 22.2 Å². The van der Waals surface area contributed by atoms with Crippen molar-refractivity contribution in [3.63, 3.8) is 0 Å². The van der Waals surface area contributed by atoms with E-state index in [1.165, 1.54) is 0 Å². The fourth-order valence-electron chi connectivity index (χ4n) is 2.44. The maximum atomic E-state index is 10.5. The van der Waals surface area contributed by atoms with Gasteiger partial charge in [0.15, 0.2) is 5.96 Å². The lowest BCUT2D eigenvalue weighted by Crippen LogP contribution is -2.28. The number of pyridine rings is 1. The minimum Gasteiger partial charge on any atom is -0.497 e. The maximum absolute atomic E-state index is 10.5. The molecule has 0 fully saturated rings. The van der Waals surface area contributed by atoms with Crippen molar-refractivity contribution in [1.82, 2.24) is 10.3 Å². The number of guanidine groups is 1. The number of fused-ring (bicyclic) bond motifs is 1. The molecule has 6 nitrogen and oxygen atoms in total. The number of anilines is 1. The van der Waals surface area contributed by atoms with Crippen LogP contribution in [-0.2, 0) is 4.79 Å². The van der Waals surface area contributed by atoms with Gasteiger partial charge in [0.2, 0.25) is 6.41 Å². The molecule has 1 amide bonds. The van der Waals surface area contributed by atoms with Crippen molar-refractivity contribution < 1.29 is 9.53 Å². The number of nitrogens with one attached hydrogen (secondary N) is 3. The molecule has 6 heteroatoms. The summed E-state index contributed by atoms with van der Waals surface area (Å²) in [6.45, 7) is 0. The van der Waals surface area contributed by atoms with E-state index in [0.29, 0.717) is 12.1 Å². The first-order valence-corrected chi connectivity index (χ1v) is 7.31. The van der Waals surface area contributed by atoms with E-state index in [-0.39, 0.29) is 5.96 Å². The average molecular weight is 320 g/mol. The van der Waals surface area contributed by atoms with Crippen LogP contribution in [-0.4, -0.2) is 24.5 Å². The van der Waals surface area contributed by atoms with E-state index in [1.807, 2.05) is 54.6 Å². The Morgan fingerprint density at radius 3 is 2.79 bits per heavy atom. The summed E-state index contributed by atoms with van der Waals surface area (Å²) in [6, 6.07) is 17.1. The summed E-state index contributed by atoms with van der Waals surface area (Å²) in [5, 5.41) is 13.8. The van der Waals surface area contributed by atoms with E-state index in [1.54, 1.807) is 7.11 Å². The van der Waals surface area contributed by atoms with Crippen LogP contribution in [0.3, 0.4) is 0 Å². The monoisotopic (exact) mass is 320 g/mol. The highest BCUT2D eigenvalue weighted by Gasteiger charge is 2.09. The number of benzene rings is 2. The fraction of sp³-hybridized carbons (Fsp3) is 0.0556. The zero-order chi connectivity index (χ0) is 16.9. The number of carbonyl (C=O) groups excluding carboxylic acids is 1. The number of nitrogens with zero attached hydrogens (tertiary/aromatic N) is 1. The molecule has 0 aliphatic rings. The van der Waals surface area contributed by atoms with Crippen molar-refractivity contribution in [2.24, 2.45) is 0 Å². The zero-order valence-corrected chi connectivity index (χ0v) is 13.0.